The number of aryl methyl sites for hydroxylation is 1. The lowest BCUT2D eigenvalue weighted by molar-refractivity contribution is 0.599. The second-order valence-electron chi connectivity index (χ2n) is 7.49. The Balaban J connectivity index is 1.62. The lowest BCUT2D eigenvalue weighted by atomic mass is 10.0. The van der Waals surface area contributed by atoms with Crippen molar-refractivity contribution in [1.82, 2.24) is 9.97 Å². The topological polar surface area (TPSA) is 29.0 Å². The molecular formula is C20H23N3. The molecule has 118 valence electrons. The van der Waals surface area contributed by atoms with Gasteiger partial charge in [0.1, 0.15) is 0 Å². The van der Waals surface area contributed by atoms with Gasteiger partial charge in [-0.3, -0.25) is 0 Å². The molecule has 2 aliphatic carbocycles. The lowest BCUT2D eigenvalue weighted by Crippen LogP contribution is -2.38. The molecule has 2 aromatic rings. The zero-order chi connectivity index (χ0) is 15.4. The Morgan fingerprint density at radius 2 is 1.87 bits per heavy atom. The monoisotopic (exact) mass is 305 g/mol. The fourth-order valence-corrected chi connectivity index (χ4v) is 4.30. The van der Waals surface area contributed by atoms with Crippen LogP contribution in [0.3, 0.4) is 0 Å². The SMILES string of the molecule is CC1Cc2ccc(-c3nc(N4CCC4)nc4c3CCC4)cc2C1. The predicted octanol–water partition coefficient (Wildman–Crippen LogP) is 3.58. The highest BCUT2D eigenvalue weighted by molar-refractivity contribution is 5.68. The molecule has 5 rings (SSSR count). The quantitative estimate of drug-likeness (QED) is 0.849. The van der Waals surface area contributed by atoms with Gasteiger partial charge >= 0.3 is 0 Å². The smallest absolute Gasteiger partial charge is 0.226 e. The molecule has 1 aliphatic heterocycles. The maximum absolute atomic E-state index is 5.00. The van der Waals surface area contributed by atoms with E-state index >= 15 is 0 Å². The lowest BCUT2D eigenvalue weighted by Gasteiger charge is -2.31. The van der Waals surface area contributed by atoms with Gasteiger partial charge in [-0.25, -0.2) is 9.97 Å². The molecule has 0 radical (unpaired) electrons. The van der Waals surface area contributed by atoms with Crippen molar-refractivity contribution in [3.63, 3.8) is 0 Å². The third-order valence-electron chi connectivity index (χ3n) is 5.68. The zero-order valence-electron chi connectivity index (χ0n) is 13.8. The van der Waals surface area contributed by atoms with Gasteiger partial charge in [-0.05, 0) is 61.6 Å². The van der Waals surface area contributed by atoms with Crippen LogP contribution >= 0.6 is 0 Å². The molecule has 0 amide bonds. The van der Waals surface area contributed by atoms with E-state index in [-0.39, 0.29) is 0 Å². The van der Waals surface area contributed by atoms with Crippen LogP contribution in [-0.4, -0.2) is 23.1 Å². The predicted molar refractivity (Wildman–Crippen MR) is 92.9 cm³/mol. The normalized spacial score (nSPS) is 22.0. The summed E-state index contributed by atoms with van der Waals surface area (Å²) in [5.74, 6) is 1.74. The summed E-state index contributed by atoms with van der Waals surface area (Å²) in [7, 11) is 0. The molecule has 1 saturated heterocycles. The van der Waals surface area contributed by atoms with E-state index in [0.29, 0.717) is 0 Å². The molecule has 1 atom stereocenters. The van der Waals surface area contributed by atoms with Crippen LogP contribution in [0.4, 0.5) is 5.95 Å². The number of benzene rings is 1. The molecule has 0 spiro atoms. The summed E-state index contributed by atoms with van der Waals surface area (Å²) < 4.78 is 0. The molecular weight excluding hydrogens is 282 g/mol. The summed E-state index contributed by atoms with van der Waals surface area (Å²) in [6.45, 7) is 4.57. The van der Waals surface area contributed by atoms with Gasteiger partial charge in [0.15, 0.2) is 0 Å². The first kappa shape index (κ1) is 13.5. The first-order valence-corrected chi connectivity index (χ1v) is 9.05. The number of fused-ring (bicyclic) bond motifs is 2. The summed E-state index contributed by atoms with van der Waals surface area (Å²) in [4.78, 5) is 12.2. The van der Waals surface area contributed by atoms with Crippen molar-refractivity contribution < 1.29 is 0 Å². The highest BCUT2D eigenvalue weighted by Crippen LogP contribution is 2.35. The van der Waals surface area contributed by atoms with Crippen LogP contribution in [0.15, 0.2) is 18.2 Å². The maximum atomic E-state index is 5.00. The van der Waals surface area contributed by atoms with Crippen molar-refractivity contribution in [2.24, 2.45) is 5.92 Å². The molecule has 0 bridgehead atoms. The van der Waals surface area contributed by atoms with Crippen molar-refractivity contribution in [2.75, 3.05) is 18.0 Å². The first-order chi connectivity index (χ1) is 11.3. The Hall–Kier alpha value is -1.90. The molecule has 0 N–H and O–H groups in total. The number of hydrogen-bond donors (Lipinski definition) is 0. The van der Waals surface area contributed by atoms with Crippen molar-refractivity contribution >= 4 is 5.95 Å². The Morgan fingerprint density at radius 1 is 1.00 bits per heavy atom. The van der Waals surface area contributed by atoms with Crippen LogP contribution in [0, 0.1) is 5.92 Å². The van der Waals surface area contributed by atoms with E-state index in [1.807, 2.05) is 0 Å². The molecule has 3 nitrogen and oxygen atoms in total. The van der Waals surface area contributed by atoms with Crippen LogP contribution < -0.4 is 4.90 Å². The minimum Gasteiger partial charge on any atom is -0.341 e. The van der Waals surface area contributed by atoms with Crippen LogP contribution in [0.1, 0.15) is 42.1 Å². The van der Waals surface area contributed by atoms with E-state index in [9.17, 15) is 0 Å². The van der Waals surface area contributed by atoms with Crippen LogP contribution in [0.25, 0.3) is 11.3 Å². The maximum Gasteiger partial charge on any atom is 0.226 e. The van der Waals surface area contributed by atoms with Gasteiger partial charge in [-0.15, -0.1) is 0 Å². The summed E-state index contributed by atoms with van der Waals surface area (Å²) in [6, 6.07) is 7.03. The number of anilines is 1. The van der Waals surface area contributed by atoms with Crippen LogP contribution in [0.5, 0.6) is 0 Å². The number of rotatable bonds is 2. The molecule has 0 saturated carbocycles. The van der Waals surface area contributed by atoms with E-state index in [2.05, 4.69) is 30.0 Å². The zero-order valence-corrected chi connectivity index (χ0v) is 13.8. The number of aromatic nitrogens is 2. The van der Waals surface area contributed by atoms with Gasteiger partial charge in [0, 0.05) is 29.9 Å². The Bertz CT molecular complexity index is 777. The van der Waals surface area contributed by atoms with E-state index < -0.39 is 0 Å². The summed E-state index contributed by atoms with van der Waals surface area (Å²) in [5, 5.41) is 0. The minimum atomic E-state index is 0.785. The average molecular weight is 305 g/mol. The molecule has 1 aromatic carbocycles. The third-order valence-corrected chi connectivity index (χ3v) is 5.68. The fourth-order valence-electron chi connectivity index (χ4n) is 4.30. The molecule has 1 aromatic heterocycles. The number of hydrogen-bond acceptors (Lipinski definition) is 3. The molecule has 1 fully saturated rings. The fraction of sp³-hybridized carbons (Fsp3) is 0.500. The largest absolute Gasteiger partial charge is 0.341 e. The third kappa shape index (κ3) is 2.17. The van der Waals surface area contributed by atoms with Gasteiger partial charge in [-0.1, -0.05) is 19.1 Å². The van der Waals surface area contributed by atoms with Crippen LogP contribution in [-0.2, 0) is 25.7 Å². The van der Waals surface area contributed by atoms with Crippen molar-refractivity contribution in [1.29, 1.82) is 0 Å². The molecule has 2 heterocycles. The van der Waals surface area contributed by atoms with E-state index in [1.54, 1.807) is 0 Å². The Morgan fingerprint density at radius 3 is 2.70 bits per heavy atom. The standard InChI is InChI=1S/C20H23N3/c1-13-10-14-6-7-15(12-16(14)11-13)19-17-4-2-5-18(17)21-20(22-19)23-8-3-9-23/h6-7,12-13H,2-5,8-11H2,1H3. The minimum absolute atomic E-state index is 0.785. The van der Waals surface area contributed by atoms with Crippen molar-refractivity contribution in [2.45, 2.75) is 45.4 Å². The van der Waals surface area contributed by atoms with E-state index in [4.69, 9.17) is 9.97 Å². The summed E-state index contributed by atoms with van der Waals surface area (Å²) >= 11 is 0. The van der Waals surface area contributed by atoms with Gasteiger partial charge in [-0.2, -0.15) is 0 Å². The average Bonchev–Trinajstić information content (AvgIpc) is 3.08. The second-order valence-corrected chi connectivity index (χ2v) is 7.49. The second kappa shape index (κ2) is 5.05. The molecule has 3 aliphatic rings. The molecule has 23 heavy (non-hydrogen) atoms. The van der Waals surface area contributed by atoms with Gasteiger partial charge < -0.3 is 4.90 Å². The van der Waals surface area contributed by atoms with Gasteiger partial charge in [0.2, 0.25) is 5.95 Å². The van der Waals surface area contributed by atoms with Crippen molar-refractivity contribution in [3.8, 4) is 11.3 Å². The summed E-state index contributed by atoms with van der Waals surface area (Å²) in [5.41, 5.74) is 8.28. The first-order valence-electron chi connectivity index (χ1n) is 9.05. The van der Waals surface area contributed by atoms with Gasteiger partial charge in [0.05, 0.1) is 5.69 Å². The number of nitrogens with zero attached hydrogens (tertiary/aromatic N) is 3. The Labute approximate surface area is 137 Å². The van der Waals surface area contributed by atoms with Gasteiger partial charge in [0.25, 0.3) is 0 Å². The molecule has 3 heteroatoms. The van der Waals surface area contributed by atoms with E-state index in [0.717, 1.165) is 37.8 Å². The molecule has 1 unspecified atom stereocenters. The van der Waals surface area contributed by atoms with E-state index in [1.165, 1.54) is 59.3 Å². The highest BCUT2D eigenvalue weighted by Gasteiger charge is 2.25. The summed E-state index contributed by atoms with van der Waals surface area (Å²) in [6.07, 6.45) is 7.20. The van der Waals surface area contributed by atoms with Crippen molar-refractivity contribution in [3.05, 3.63) is 40.6 Å². The highest BCUT2D eigenvalue weighted by atomic mass is 15.3. The van der Waals surface area contributed by atoms with Crippen LogP contribution in [0.2, 0.25) is 0 Å². The Kier molecular flexibility index (Phi) is 2.97.